The van der Waals surface area contributed by atoms with Gasteiger partial charge in [0.15, 0.2) is 0 Å². The van der Waals surface area contributed by atoms with Crippen molar-refractivity contribution < 1.29 is 0 Å². The average molecular weight is 381 g/mol. The molecule has 0 aliphatic carbocycles. The minimum Gasteiger partial charge on any atom is -0.399 e. The predicted molar refractivity (Wildman–Crippen MR) is 109 cm³/mol. The molecule has 1 saturated heterocycles. The molecule has 9 nitrogen and oxygen atoms in total. The van der Waals surface area contributed by atoms with Crippen molar-refractivity contribution in [2.75, 3.05) is 43.4 Å². The van der Waals surface area contributed by atoms with Gasteiger partial charge in [0.25, 0.3) is 5.56 Å². The monoisotopic (exact) mass is 381 g/mol. The summed E-state index contributed by atoms with van der Waals surface area (Å²) < 4.78 is 1.27. The molecule has 3 N–H and O–H groups in total. The molecule has 1 aromatic carbocycles. The van der Waals surface area contributed by atoms with E-state index in [9.17, 15) is 9.59 Å². The van der Waals surface area contributed by atoms with Crippen LogP contribution in [0.4, 0.5) is 11.6 Å². The standard InChI is InChI=1S/C19H23N7O2/c20-14-3-4-15-16(13-14)23-19(28)26(17(15)27)8-2-7-24-9-11-25(12-10-24)18-21-5-1-6-22-18/h1,3-6,13H,2,7-12,20H2,(H,23,28). The van der Waals surface area contributed by atoms with Gasteiger partial charge in [0.2, 0.25) is 5.95 Å². The smallest absolute Gasteiger partial charge is 0.328 e. The van der Waals surface area contributed by atoms with Gasteiger partial charge in [0.1, 0.15) is 0 Å². The van der Waals surface area contributed by atoms with Gasteiger partial charge in [-0.05, 0) is 37.2 Å². The number of rotatable bonds is 5. The molecule has 4 rings (SSSR count). The molecule has 0 unspecified atom stereocenters. The molecule has 0 amide bonds. The summed E-state index contributed by atoms with van der Waals surface area (Å²) in [7, 11) is 0. The first-order valence-corrected chi connectivity index (χ1v) is 9.38. The van der Waals surface area contributed by atoms with Crippen LogP contribution in [-0.4, -0.2) is 57.1 Å². The third kappa shape index (κ3) is 3.74. The number of nitrogens with zero attached hydrogens (tertiary/aromatic N) is 5. The number of hydrogen-bond acceptors (Lipinski definition) is 7. The maximum Gasteiger partial charge on any atom is 0.328 e. The fourth-order valence-electron chi connectivity index (χ4n) is 3.55. The highest BCUT2D eigenvalue weighted by atomic mass is 16.2. The molecule has 2 aromatic heterocycles. The van der Waals surface area contributed by atoms with Crippen LogP contribution in [0.2, 0.25) is 0 Å². The van der Waals surface area contributed by atoms with Crippen molar-refractivity contribution in [2.24, 2.45) is 0 Å². The average Bonchev–Trinajstić information content (AvgIpc) is 2.71. The summed E-state index contributed by atoms with van der Waals surface area (Å²) in [4.78, 5) is 40.7. The molecule has 3 aromatic rings. The Morgan fingerprint density at radius 2 is 1.79 bits per heavy atom. The van der Waals surface area contributed by atoms with E-state index in [1.807, 2.05) is 6.07 Å². The summed E-state index contributed by atoms with van der Waals surface area (Å²) in [5, 5.41) is 0.477. The molecule has 0 atom stereocenters. The zero-order chi connectivity index (χ0) is 19.5. The second-order valence-corrected chi connectivity index (χ2v) is 6.92. The summed E-state index contributed by atoms with van der Waals surface area (Å²) in [5.74, 6) is 0.761. The van der Waals surface area contributed by atoms with Gasteiger partial charge in [-0.25, -0.2) is 14.8 Å². The van der Waals surface area contributed by atoms with Crippen LogP contribution in [0.15, 0.2) is 46.2 Å². The first-order valence-electron chi connectivity index (χ1n) is 9.38. The van der Waals surface area contributed by atoms with Gasteiger partial charge in [-0.3, -0.25) is 14.3 Å². The minimum absolute atomic E-state index is 0.273. The van der Waals surface area contributed by atoms with E-state index < -0.39 is 5.69 Å². The Balaban J connectivity index is 1.35. The van der Waals surface area contributed by atoms with Crippen molar-refractivity contribution in [2.45, 2.75) is 13.0 Å². The number of aromatic nitrogens is 4. The van der Waals surface area contributed by atoms with Gasteiger partial charge < -0.3 is 15.6 Å². The van der Waals surface area contributed by atoms with Crippen LogP contribution in [0.5, 0.6) is 0 Å². The van der Waals surface area contributed by atoms with Gasteiger partial charge >= 0.3 is 5.69 Å². The van der Waals surface area contributed by atoms with Crippen LogP contribution in [0.1, 0.15) is 6.42 Å². The zero-order valence-corrected chi connectivity index (χ0v) is 15.5. The lowest BCUT2D eigenvalue weighted by Gasteiger charge is -2.34. The number of anilines is 2. The van der Waals surface area contributed by atoms with Crippen LogP contribution in [0.25, 0.3) is 10.9 Å². The molecular formula is C19H23N7O2. The van der Waals surface area contributed by atoms with Crippen LogP contribution in [0.3, 0.4) is 0 Å². The fraction of sp³-hybridized carbons (Fsp3) is 0.368. The molecule has 1 aliphatic rings. The van der Waals surface area contributed by atoms with E-state index in [0.717, 1.165) is 45.1 Å². The van der Waals surface area contributed by atoms with Gasteiger partial charge in [-0.15, -0.1) is 0 Å². The van der Waals surface area contributed by atoms with Gasteiger partial charge in [0, 0.05) is 50.8 Å². The first kappa shape index (κ1) is 18.2. The minimum atomic E-state index is -0.394. The number of H-pyrrole nitrogens is 1. The summed E-state index contributed by atoms with van der Waals surface area (Å²) in [6, 6.07) is 6.75. The lowest BCUT2D eigenvalue weighted by molar-refractivity contribution is 0.248. The largest absolute Gasteiger partial charge is 0.399 e. The van der Waals surface area contributed by atoms with E-state index >= 15 is 0 Å². The van der Waals surface area contributed by atoms with Gasteiger partial charge in [0.05, 0.1) is 10.9 Å². The van der Waals surface area contributed by atoms with Crippen molar-refractivity contribution in [3.8, 4) is 0 Å². The molecule has 3 heterocycles. The zero-order valence-electron chi connectivity index (χ0n) is 15.5. The summed E-state index contributed by atoms with van der Waals surface area (Å²) >= 11 is 0. The Bertz CT molecular complexity index is 1070. The molecule has 1 aliphatic heterocycles. The number of piperazine rings is 1. The number of hydrogen-bond donors (Lipinski definition) is 2. The quantitative estimate of drug-likeness (QED) is 0.610. The second kappa shape index (κ2) is 7.81. The molecule has 146 valence electrons. The summed E-state index contributed by atoms with van der Waals surface area (Å²) in [6.45, 7) is 4.75. The Morgan fingerprint density at radius 1 is 1.04 bits per heavy atom. The lowest BCUT2D eigenvalue weighted by Crippen LogP contribution is -2.47. The van der Waals surface area contributed by atoms with Crippen molar-refractivity contribution >= 4 is 22.5 Å². The molecular weight excluding hydrogens is 358 g/mol. The van der Waals surface area contributed by atoms with Crippen molar-refractivity contribution in [1.29, 1.82) is 0 Å². The molecule has 0 radical (unpaired) electrons. The molecule has 0 bridgehead atoms. The Kier molecular flexibility index (Phi) is 5.07. The second-order valence-electron chi connectivity index (χ2n) is 6.92. The maximum absolute atomic E-state index is 12.6. The molecule has 9 heteroatoms. The number of fused-ring (bicyclic) bond motifs is 1. The van der Waals surface area contributed by atoms with Crippen LogP contribution < -0.4 is 21.9 Å². The number of aromatic amines is 1. The van der Waals surface area contributed by atoms with E-state index in [1.54, 1.807) is 30.6 Å². The third-order valence-corrected chi connectivity index (χ3v) is 5.07. The highest BCUT2D eigenvalue weighted by Crippen LogP contribution is 2.11. The van der Waals surface area contributed by atoms with Gasteiger partial charge in [-0.2, -0.15) is 0 Å². The topological polar surface area (TPSA) is 113 Å². The maximum atomic E-state index is 12.6. The number of nitrogens with two attached hydrogens (primary N) is 1. The summed E-state index contributed by atoms with van der Waals surface area (Å²) in [6.07, 6.45) is 4.23. The molecule has 0 saturated carbocycles. The number of nitrogens with one attached hydrogen (secondary N) is 1. The third-order valence-electron chi connectivity index (χ3n) is 5.07. The summed E-state index contributed by atoms with van der Waals surface area (Å²) in [5.41, 5.74) is 6.05. The predicted octanol–water partition coefficient (Wildman–Crippen LogP) is 0.274. The highest BCUT2D eigenvalue weighted by molar-refractivity contribution is 5.80. The number of nitrogen functional groups attached to an aromatic ring is 1. The molecule has 0 spiro atoms. The van der Waals surface area contributed by atoms with Crippen LogP contribution in [0, 0.1) is 0 Å². The van der Waals surface area contributed by atoms with E-state index in [4.69, 9.17) is 5.73 Å². The van der Waals surface area contributed by atoms with E-state index in [-0.39, 0.29) is 5.56 Å². The Hall–Kier alpha value is -3.20. The van der Waals surface area contributed by atoms with Gasteiger partial charge in [-0.1, -0.05) is 0 Å². The Morgan fingerprint density at radius 3 is 2.54 bits per heavy atom. The molecule has 28 heavy (non-hydrogen) atoms. The highest BCUT2D eigenvalue weighted by Gasteiger charge is 2.18. The fourth-order valence-corrected chi connectivity index (χ4v) is 3.55. The van der Waals surface area contributed by atoms with E-state index in [0.29, 0.717) is 23.1 Å². The van der Waals surface area contributed by atoms with Crippen molar-refractivity contribution in [1.82, 2.24) is 24.4 Å². The van der Waals surface area contributed by atoms with E-state index in [1.165, 1.54) is 4.57 Å². The lowest BCUT2D eigenvalue weighted by atomic mass is 10.2. The van der Waals surface area contributed by atoms with Crippen LogP contribution in [-0.2, 0) is 6.54 Å². The molecule has 1 fully saturated rings. The SMILES string of the molecule is Nc1ccc2c(=O)n(CCCN3CCN(c4ncccn4)CC3)c(=O)[nH]c2c1. The van der Waals surface area contributed by atoms with E-state index in [2.05, 4.69) is 24.8 Å². The number of benzene rings is 1. The van der Waals surface area contributed by atoms with Crippen LogP contribution >= 0.6 is 0 Å². The first-order chi connectivity index (χ1) is 13.6. The van der Waals surface area contributed by atoms with Crippen molar-refractivity contribution in [3.05, 3.63) is 57.5 Å². The normalized spacial score (nSPS) is 15.2. The Labute approximate surface area is 161 Å². The van der Waals surface area contributed by atoms with Crippen molar-refractivity contribution in [3.63, 3.8) is 0 Å².